The third-order valence-corrected chi connectivity index (χ3v) is 3.89. The Hall–Kier alpha value is -0.860. The Morgan fingerprint density at radius 3 is 2.88 bits per heavy atom. The first kappa shape index (κ1) is 12.6. The van der Waals surface area contributed by atoms with E-state index in [1.807, 2.05) is 0 Å². The van der Waals surface area contributed by atoms with E-state index in [1.165, 1.54) is 30.5 Å². The van der Waals surface area contributed by atoms with Crippen molar-refractivity contribution in [2.24, 2.45) is 0 Å². The van der Waals surface area contributed by atoms with Gasteiger partial charge in [0.1, 0.15) is 0 Å². The summed E-state index contributed by atoms with van der Waals surface area (Å²) in [6, 6.07) is 10.3. The number of piperidine rings is 1. The van der Waals surface area contributed by atoms with Crippen LogP contribution in [0.3, 0.4) is 0 Å². The first-order valence-corrected chi connectivity index (χ1v) is 6.66. The lowest BCUT2D eigenvalue weighted by atomic mass is 9.97. The molecule has 0 aliphatic carbocycles. The molecule has 2 atom stereocenters. The molecule has 0 spiro atoms. The van der Waals surface area contributed by atoms with Gasteiger partial charge >= 0.3 is 0 Å². The zero-order valence-corrected chi connectivity index (χ0v) is 11.2. The third-order valence-electron chi connectivity index (χ3n) is 3.89. The second-order valence-electron chi connectivity index (χ2n) is 5.32. The standard InChI is InChI=1S/C15H24N2/c1-12-5-4-6-14(9-12)11-17-8-7-15(16-3)10-13(17)2/h4-6,9,13,15-16H,7-8,10-11H2,1-3H3. The van der Waals surface area contributed by atoms with Crippen LogP contribution in [-0.4, -0.2) is 30.6 Å². The molecular formula is C15H24N2. The molecule has 0 amide bonds. The van der Waals surface area contributed by atoms with Gasteiger partial charge in [0.05, 0.1) is 0 Å². The minimum absolute atomic E-state index is 0.682. The molecule has 1 aromatic carbocycles. The maximum Gasteiger partial charge on any atom is 0.0236 e. The topological polar surface area (TPSA) is 15.3 Å². The minimum Gasteiger partial charge on any atom is -0.317 e. The van der Waals surface area contributed by atoms with Crippen molar-refractivity contribution in [3.05, 3.63) is 35.4 Å². The Morgan fingerprint density at radius 1 is 1.41 bits per heavy atom. The van der Waals surface area contributed by atoms with Crippen LogP contribution in [0, 0.1) is 6.92 Å². The fraction of sp³-hybridized carbons (Fsp3) is 0.600. The molecule has 94 valence electrons. The lowest BCUT2D eigenvalue weighted by Gasteiger charge is -2.37. The molecule has 1 aliphatic heterocycles. The highest BCUT2D eigenvalue weighted by Gasteiger charge is 2.24. The number of hydrogen-bond acceptors (Lipinski definition) is 2. The van der Waals surface area contributed by atoms with Gasteiger partial charge in [0, 0.05) is 25.2 Å². The Bertz CT molecular complexity index is 362. The van der Waals surface area contributed by atoms with E-state index in [2.05, 4.69) is 55.4 Å². The number of aryl methyl sites for hydroxylation is 1. The second-order valence-corrected chi connectivity index (χ2v) is 5.32. The van der Waals surface area contributed by atoms with Crippen molar-refractivity contribution in [2.45, 2.75) is 45.3 Å². The van der Waals surface area contributed by atoms with Crippen LogP contribution in [0.15, 0.2) is 24.3 Å². The summed E-state index contributed by atoms with van der Waals surface area (Å²) in [4.78, 5) is 2.60. The van der Waals surface area contributed by atoms with E-state index in [1.54, 1.807) is 0 Å². The molecule has 0 bridgehead atoms. The fourth-order valence-corrected chi connectivity index (χ4v) is 2.76. The van der Waals surface area contributed by atoms with Crippen LogP contribution in [0.25, 0.3) is 0 Å². The van der Waals surface area contributed by atoms with E-state index in [9.17, 15) is 0 Å². The van der Waals surface area contributed by atoms with Crippen molar-refractivity contribution in [3.63, 3.8) is 0 Å². The van der Waals surface area contributed by atoms with Gasteiger partial charge in [-0.1, -0.05) is 29.8 Å². The Kier molecular flexibility index (Phi) is 4.19. The summed E-state index contributed by atoms with van der Waals surface area (Å²) in [6.45, 7) is 6.82. The summed E-state index contributed by atoms with van der Waals surface area (Å²) in [5.41, 5.74) is 2.81. The predicted molar refractivity (Wildman–Crippen MR) is 73.1 cm³/mol. The van der Waals surface area contributed by atoms with Gasteiger partial charge in [0.25, 0.3) is 0 Å². The Morgan fingerprint density at radius 2 is 2.24 bits per heavy atom. The molecular weight excluding hydrogens is 208 g/mol. The van der Waals surface area contributed by atoms with Gasteiger partial charge in [-0.2, -0.15) is 0 Å². The lowest BCUT2D eigenvalue weighted by molar-refractivity contribution is 0.131. The van der Waals surface area contributed by atoms with E-state index < -0.39 is 0 Å². The van der Waals surface area contributed by atoms with Gasteiger partial charge in [-0.3, -0.25) is 4.90 Å². The Balaban J connectivity index is 1.95. The van der Waals surface area contributed by atoms with Gasteiger partial charge in [-0.25, -0.2) is 0 Å². The SMILES string of the molecule is CNC1CCN(Cc2cccc(C)c2)C(C)C1. The summed E-state index contributed by atoms with van der Waals surface area (Å²) in [5, 5.41) is 3.40. The summed E-state index contributed by atoms with van der Waals surface area (Å²) in [6.07, 6.45) is 2.54. The number of nitrogens with zero attached hydrogens (tertiary/aromatic N) is 1. The molecule has 2 nitrogen and oxygen atoms in total. The molecule has 1 aliphatic rings. The summed E-state index contributed by atoms with van der Waals surface area (Å²) in [5.74, 6) is 0. The number of nitrogens with one attached hydrogen (secondary N) is 1. The molecule has 1 aromatic rings. The van der Waals surface area contributed by atoms with Crippen molar-refractivity contribution in [3.8, 4) is 0 Å². The lowest BCUT2D eigenvalue weighted by Crippen LogP contribution is -2.46. The van der Waals surface area contributed by atoms with E-state index in [4.69, 9.17) is 0 Å². The largest absolute Gasteiger partial charge is 0.317 e. The molecule has 1 saturated heterocycles. The van der Waals surface area contributed by atoms with Gasteiger partial charge in [0.15, 0.2) is 0 Å². The molecule has 2 heteroatoms. The quantitative estimate of drug-likeness (QED) is 0.861. The molecule has 0 aromatic heterocycles. The van der Waals surface area contributed by atoms with Crippen molar-refractivity contribution < 1.29 is 0 Å². The maximum absolute atomic E-state index is 3.40. The zero-order valence-electron chi connectivity index (χ0n) is 11.2. The van der Waals surface area contributed by atoms with Crippen LogP contribution in [0.1, 0.15) is 30.9 Å². The summed E-state index contributed by atoms with van der Waals surface area (Å²) >= 11 is 0. The predicted octanol–water partition coefficient (Wildman–Crippen LogP) is 2.57. The van der Waals surface area contributed by atoms with Gasteiger partial charge in [-0.05, 0) is 39.3 Å². The summed E-state index contributed by atoms with van der Waals surface area (Å²) < 4.78 is 0. The first-order chi connectivity index (χ1) is 8.19. The van der Waals surface area contributed by atoms with Crippen molar-refractivity contribution in [1.29, 1.82) is 0 Å². The van der Waals surface area contributed by atoms with Crippen LogP contribution >= 0.6 is 0 Å². The Labute approximate surface area is 105 Å². The van der Waals surface area contributed by atoms with Crippen LogP contribution in [0.2, 0.25) is 0 Å². The molecule has 2 rings (SSSR count). The fourth-order valence-electron chi connectivity index (χ4n) is 2.76. The van der Waals surface area contributed by atoms with Crippen LogP contribution in [0.4, 0.5) is 0 Å². The number of likely N-dealkylation sites (tertiary alicyclic amines) is 1. The van der Waals surface area contributed by atoms with Crippen molar-refractivity contribution in [1.82, 2.24) is 10.2 Å². The minimum atomic E-state index is 0.682. The normalized spacial score (nSPS) is 26.1. The average molecular weight is 232 g/mol. The van der Waals surface area contributed by atoms with Crippen molar-refractivity contribution in [2.75, 3.05) is 13.6 Å². The summed E-state index contributed by atoms with van der Waals surface area (Å²) in [7, 11) is 2.08. The van der Waals surface area contributed by atoms with E-state index >= 15 is 0 Å². The smallest absolute Gasteiger partial charge is 0.0236 e. The second kappa shape index (κ2) is 5.65. The average Bonchev–Trinajstić information content (AvgIpc) is 2.32. The molecule has 0 radical (unpaired) electrons. The van der Waals surface area contributed by atoms with Crippen LogP contribution in [0.5, 0.6) is 0 Å². The third kappa shape index (κ3) is 3.30. The molecule has 1 fully saturated rings. The molecule has 1 heterocycles. The van der Waals surface area contributed by atoms with Crippen LogP contribution in [-0.2, 0) is 6.54 Å². The molecule has 1 N–H and O–H groups in total. The van der Waals surface area contributed by atoms with E-state index in [0.717, 1.165) is 6.54 Å². The number of benzene rings is 1. The molecule has 17 heavy (non-hydrogen) atoms. The highest BCUT2D eigenvalue weighted by molar-refractivity contribution is 5.22. The zero-order chi connectivity index (χ0) is 12.3. The monoisotopic (exact) mass is 232 g/mol. The maximum atomic E-state index is 3.40. The molecule has 2 unspecified atom stereocenters. The van der Waals surface area contributed by atoms with Gasteiger partial charge < -0.3 is 5.32 Å². The number of rotatable bonds is 3. The highest BCUT2D eigenvalue weighted by atomic mass is 15.2. The van der Waals surface area contributed by atoms with E-state index in [0.29, 0.717) is 12.1 Å². The van der Waals surface area contributed by atoms with Gasteiger partial charge in [0.2, 0.25) is 0 Å². The number of hydrogen-bond donors (Lipinski definition) is 1. The van der Waals surface area contributed by atoms with Crippen LogP contribution < -0.4 is 5.32 Å². The van der Waals surface area contributed by atoms with E-state index in [-0.39, 0.29) is 0 Å². The molecule has 0 saturated carbocycles. The van der Waals surface area contributed by atoms with Crippen molar-refractivity contribution >= 4 is 0 Å². The first-order valence-electron chi connectivity index (χ1n) is 6.66. The highest BCUT2D eigenvalue weighted by Crippen LogP contribution is 2.19. The van der Waals surface area contributed by atoms with Gasteiger partial charge in [-0.15, -0.1) is 0 Å².